The molecule has 0 unspecified atom stereocenters. The molecule has 1 aromatic rings. The van der Waals surface area contributed by atoms with Gasteiger partial charge < -0.3 is 9.73 Å². The lowest BCUT2D eigenvalue weighted by atomic mass is 10.1. The summed E-state index contributed by atoms with van der Waals surface area (Å²) >= 11 is 0. The van der Waals surface area contributed by atoms with E-state index in [4.69, 9.17) is 4.42 Å². The third-order valence-electron chi connectivity index (χ3n) is 2.59. The first-order chi connectivity index (χ1) is 7.43. The maximum Gasteiger partial charge on any atom is 0.117 e. The summed E-state index contributed by atoms with van der Waals surface area (Å²) in [5.41, 5.74) is 0. The van der Waals surface area contributed by atoms with Crippen LogP contribution < -0.4 is 5.32 Å². The van der Waals surface area contributed by atoms with Gasteiger partial charge in [-0.1, -0.05) is 39.0 Å². The van der Waals surface area contributed by atoms with Crippen LogP contribution >= 0.6 is 12.4 Å². The number of halogens is 1. The molecule has 0 radical (unpaired) electrons. The molecule has 0 aliphatic heterocycles. The van der Waals surface area contributed by atoms with Crippen LogP contribution in [0, 0.1) is 0 Å². The van der Waals surface area contributed by atoms with Gasteiger partial charge in [0.1, 0.15) is 5.76 Å². The molecule has 0 bridgehead atoms. The summed E-state index contributed by atoms with van der Waals surface area (Å²) < 4.78 is 5.23. The molecule has 0 aliphatic rings. The number of hydrogen-bond acceptors (Lipinski definition) is 2. The Morgan fingerprint density at radius 1 is 1.12 bits per heavy atom. The van der Waals surface area contributed by atoms with Crippen LogP contribution in [0.2, 0.25) is 0 Å². The van der Waals surface area contributed by atoms with Gasteiger partial charge >= 0.3 is 0 Å². The average Bonchev–Trinajstić information content (AvgIpc) is 2.75. The maximum atomic E-state index is 5.23. The van der Waals surface area contributed by atoms with Crippen LogP contribution in [0.4, 0.5) is 0 Å². The summed E-state index contributed by atoms with van der Waals surface area (Å²) in [4.78, 5) is 0. The van der Waals surface area contributed by atoms with Crippen LogP contribution in [-0.2, 0) is 6.54 Å². The molecule has 1 rings (SSSR count). The molecular formula is C13H24ClNO. The van der Waals surface area contributed by atoms with Crippen LogP contribution in [0.15, 0.2) is 22.8 Å². The Bertz CT molecular complexity index is 224. The highest BCUT2D eigenvalue weighted by molar-refractivity contribution is 5.85. The smallest absolute Gasteiger partial charge is 0.117 e. The predicted octanol–water partition coefficient (Wildman–Crippen LogP) is 4.15. The van der Waals surface area contributed by atoms with Crippen molar-refractivity contribution in [1.29, 1.82) is 0 Å². The van der Waals surface area contributed by atoms with Crippen molar-refractivity contribution in [1.82, 2.24) is 5.32 Å². The topological polar surface area (TPSA) is 25.2 Å². The Morgan fingerprint density at radius 2 is 1.88 bits per heavy atom. The Hall–Kier alpha value is -0.470. The van der Waals surface area contributed by atoms with Gasteiger partial charge in [0.2, 0.25) is 0 Å². The van der Waals surface area contributed by atoms with Crippen LogP contribution in [0.5, 0.6) is 0 Å². The van der Waals surface area contributed by atoms with E-state index >= 15 is 0 Å². The fraction of sp³-hybridized carbons (Fsp3) is 0.692. The number of furan rings is 1. The molecule has 1 N–H and O–H groups in total. The summed E-state index contributed by atoms with van der Waals surface area (Å²) in [7, 11) is 0. The second-order valence-corrected chi connectivity index (χ2v) is 4.02. The molecule has 0 saturated carbocycles. The lowest BCUT2D eigenvalue weighted by Gasteiger charge is -2.02. The molecule has 1 heterocycles. The summed E-state index contributed by atoms with van der Waals surface area (Å²) in [5, 5.41) is 3.38. The molecule has 0 amide bonds. The minimum absolute atomic E-state index is 0. The van der Waals surface area contributed by atoms with Crippen LogP contribution in [0.1, 0.15) is 51.2 Å². The molecule has 0 saturated heterocycles. The Balaban J connectivity index is 0.00000225. The highest BCUT2D eigenvalue weighted by atomic mass is 35.5. The molecular weight excluding hydrogens is 222 g/mol. The fourth-order valence-corrected chi connectivity index (χ4v) is 1.66. The summed E-state index contributed by atoms with van der Waals surface area (Å²) in [6, 6.07) is 3.94. The predicted molar refractivity (Wildman–Crippen MR) is 71.0 cm³/mol. The highest BCUT2D eigenvalue weighted by Gasteiger charge is 1.94. The largest absolute Gasteiger partial charge is 0.468 e. The molecule has 0 aliphatic carbocycles. The van der Waals surface area contributed by atoms with Crippen molar-refractivity contribution in [2.75, 3.05) is 6.54 Å². The molecule has 3 heteroatoms. The van der Waals surface area contributed by atoms with E-state index in [0.717, 1.165) is 18.8 Å². The standard InChI is InChI=1S/C13H23NO.ClH/c1-2-3-4-5-6-7-10-14-12-13-9-8-11-15-13;/h8-9,11,14H,2-7,10,12H2,1H3;1H. The van der Waals surface area contributed by atoms with E-state index in [9.17, 15) is 0 Å². The van der Waals surface area contributed by atoms with Gasteiger partial charge in [-0.2, -0.15) is 0 Å². The van der Waals surface area contributed by atoms with E-state index in [1.807, 2.05) is 12.1 Å². The molecule has 16 heavy (non-hydrogen) atoms. The molecule has 2 nitrogen and oxygen atoms in total. The fourth-order valence-electron chi connectivity index (χ4n) is 1.66. The van der Waals surface area contributed by atoms with Crippen LogP contribution in [0.3, 0.4) is 0 Å². The highest BCUT2D eigenvalue weighted by Crippen LogP contribution is 2.04. The zero-order valence-electron chi connectivity index (χ0n) is 10.2. The first-order valence-corrected chi connectivity index (χ1v) is 6.16. The minimum atomic E-state index is 0. The zero-order chi connectivity index (χ0) is 10.8. The normalized spacial score (nSPS) is 10.1. The van der Waals surface area contributed by atoms with E-state index in [1.54, 1.807) is 6.26 Å². The zero-order valence-corrected chi connectivity index (χ0v) is 11.0. The van der Waals surface area contributed by atoms with Gasteiger partial charge in [0.15, 0.2) is 0 Å². The quantitative estimate of drug-likeness (QED) is 0.661. The Kier molecular flexibility index (Phi) is 10.7. The van der Waals surface area contributed by atoms with E-state index in [-0.39, 0.29) is 12.4 Å². The van der Waals surface area contributed by atoms with Gasteiger partial charge in [0.25, 0.3) is 0 Å². The number of hydrogen-bond donors (Lipinski definition) is 1. The van der Waals surface area contributed by atoms with Crippen molar-refractivity contribution >= 4 is 12.4 Å². The summed E-state index contributed by atoms with van der Waals surface area (Å²) in [5.74, 6) is 1.03. The van der Waals surface area contributed by atoms with E-state index in [1.165, 1.54) is 38.5 Å². The Labute approximate surface area is 105 Å². The molecule has 0 atom stereocenters. The molecule has 0 spiro atoms. The summed E-state index contributed by atoms with van der Waals surface area (Å²) in [6.45, 7) is 4.22. The SMILES string of the molecule is CCCCCCCCNCc1ccco1.Cl. The first kappa shape index (κ1) is 15.5. The molecule has 94 valence electrons. The number of unbranched alkanes of at least 4 members (excludes halogenated alkanes) is 5. The van der Waals surface area contributed by atoms with Crippen LogP contribution in [-0.4, -0.2) is 6.54 Å². The monoisotopic (exact) mass is 245 g/mol. The van der Waals surface area contributed by atoms with E-state index < -0.39 is 0 Å². The van der Waals surface area contributed by atoms with Gasteiger partial charge in [0, 0.05) is 0 Å². The molecule has 0 fully saturated rings. The number of rotatable bonds is 9. The van der Waals surface area contributed by atoms with Gasteiger partial charge in [-0.25, -0.2) is 0 Å². The van der Waals surface area contributed by atoms with Crippen molar-refractivity contribution in [2.45, 2.75) is 52.0 Å². The number of nitrogens with one attached hydrogen (secondary N) is 1. The Morgan fingerprint density at radius 3 is 2.56 bits per heavy atom. The first-order valence-electron chi connectivity index (χ1n) is 6.16. The van der Waals surface area contributed by atoms with Gasteiger partial charge in [0.05, 0.1) is 12.8 Å². The van der Waals surface area contributed by atoms with Crippen molar-refractivity contribution in [3.63, 3.8) is 0 Å². The van der Waals surface area contributed by atoms with Gasteiger partial charge in [-0.05, 0) is 25.1 Å². The van der Waals surface area contributed by atoms with Crippen molar-refractivity contribution in [3.05, 3.63) is 24.2 Å². The van der Waals surface area contributed by atoms with Crippen LogP contribution in [0.25, 0.3) is 0 Å². The van der Waals surface area contributed by atoms with Gasteiger partial charge in [-0.15, -0.1) is 12.4 Å². The second-order valence-electron chi connectivity index (χ2n) is 4.02. The lowest BCUT2D eigenvalue weighted by molar-refractivity contribution is 0.476. The summed E-state index contributed by atoms with van der Waals surface area (Å²) in [6.07, 6.45) is 9.86. The van der Waals surface area contributed by atoms with E-state index in [2.05, 4.69) is 12.2 Å². The third-order valence-corrected chi connectivity index (χ3v) is 2.59. The van der Waals surface area contributed by atoms with E-state index in [0.29, 0.717) is 0 Å². The van der Waals surface area contributed by atoms with Crippen molar-refractivity contribution in [2.24, 2.45) is 0 Å². The van der Waals surface area contributed by atoms with Crippen molar-refractivity contribution < 1.29 is 4.42 Å². The minimum Gasteiger partial charge on any atom is -0.468 e. The third kappa shape index (κ3) is 7.77. The lowest BCUT2D eigenvalue weighted by Crippen LogP contribution is -2.13. The maximum absolute atomic E-state index is 5.23. The van der Waals surface area contributed by atoms with Gasteiger partial charge in [-0.3, -0.25) is 0 Å². The van der Waals surface area contributed by atoms with Crippen molar-refractivity contribution in [3.8, 4) is 0 Å². The second kappa shape index (κ2) is 11.0. The average molecular weight is 246 g/mol. The molecule has 0 aromatic carbocycles. The molecule has 1 aromatic heterocycles.